The number of rotatable bonds is 2. The monoisotopic (exact) mass is 376 g/mol. The maximum atomic E-state index is 14.3. The first kappa shape index (κ1) is 17.3. The summed E-state index contributed by atoms with van der Waals surface area (Å²) < 4.78 is 14.3. The molecule has 2 fully saturated rings. The number of likely N-dealkylation sites (tertiary alicyclic amines) is 1. The molecule has 2 aromatic carbocycles. The fourth-order valence-electron chi connectivity index (χ4n) is 4.37. The standard InChI is InChI=1S/C22H21FN4O/c23-17-7-3-2-6-15(17)21-16-13-27(12-11-19(16)25-26-21)22(28)20-10-9-14-5-1-4-8-18(14)24-20/h1-10,16,19,21,25-26H,11-13H2. The second kappa shape index (κ2) is 6.96. The van der Waals surface area contributed by atoms with E-state index in [-0.39, 0.29) is 29.7 Å². The number of nitrogens with one attached hydrogen (secondary N) is 2. The zero-order valence-corrected chi connectivity index (χ0v) is 15.3. The highest BCUT2D eigenvalue weighted by Gasteiger charge is 2.42. The largest absolute Gasteiger partial charge is 0.337 e. The van der Waals surface area contributed by atoms with Crippen LogP contribution in [0.2, 0.25) is 0 Å². The summed E-state index contributed by atoms with van der Waals surface area (Å²) in [6.07, 6.45) is 0.821. The van der Waals surface area contributed by atoms with Gasteiger partial charge in [-0.2, -0.15) is 0 Å². The lowest BCUT2D eigenvalue weighted by Crippen LogP contribution is -2.48. The van der Waals surface area contributed by atoms with Gasteiger partial charge in [0.2, 0.25) is 0 Å². The number of benzene rings is 2. The molecule has 2 aliphatic rings. The number of para-hydroxylation sites is 1. The first-order valence-electron chi connectivity index (χ1n) is 9.61. The Balaban J connectivity index is 1.39. The summed E-state index contributed by atoms with van der Waals surface area (Å²) in [4.78, 5) is 19.5. The number of pyridine rings is 1. The van der Waals surface area contributed by atoms with E-state index in [0.29, 0.717) is 24.3 Å². The van der Waals surface area contributed by atoms with E-state index in [1.54, 1.807) is 12.1 Å². The van der Waals surface area contributed by atoms with Crippen molar-refractivity contribution in [3.05, 3.63) is 77.7 Å². The van der Waals surface area contributed by atoms with Crippen LogP contribution < -0.4 is 10.9 Å². The molecule has 28 heavy (non-hydrogen) atoms. The zero-order chi connectivity index (χ0) is 19.1. The van der Waals surface area contributed by atoms with E-state index >= 15 is 0 Å². The molecule has 0 aliphatic carbocycles. The second-order valence-corrected chi connectivity index (χ2v) is 7.49. The van der Waals surface area contributed by atoms with Crippen LogP contribution in [0.15, 0.2) is 60.7 Å². The van der Waals surface area contributed by atoms with Crippen molar-refractivity contribution in [2.45, 2.75) is 18.5 Å². The van der Waals surface area contributed by atoms with Gasteiger partial charge < -0.3 is 4.90 Å². The van der Waals surface area contributed by atoms with E-state index in [0.717, 1.165) is 17.3 Å². The second-order valence-electron chi connectivity index (χ2n) is 7.49. The van der Waals surface area contributed by atoms with Gasteiger partial charge in [-0.1, -0.05) is 42.5 Å². The van der Waals surface area contributed by atoms with Gasteiger partial charge in [0.1, 0.15) is 11.5 Å². The van der Waals surface area contributed by atoms with Crippen LogP contribution in [0.4, 0.5) is 4.39 Å². The molecule has 2 saturated heterocycles. The van der Waals surface area contributed by atoms with E-state index in [1.807, 2.05) is 47.4 Å². The van der Waals surface area contributed by atoms with Crippen molar-refractivity contribution in [2.75, 3.05) is 13.1 Å². The molecule has 0 radical (unpaired) electrons. The van der Waals surface area contributed by atoms with Crippen molar-refractivity contribution in [1.29, 1.82) is 0 Å². The first-order chi connectivity index (χ1) is 13.7. The summed E-state index contributed by atoms with van der Waals surface area (Å²) >= 11 is 0. The smallest absolute Gasteiger partial charge is 0.272 e. The number of fused-ring (bicyclic) bond motifs is 2. The van der Waals surface area contributed by atoms with Crippen LogP contribution >= 0.6 is 0 Å². The van der Waals surface area contributed by atoms with Crippen molar-refractivity contribution in [3.63, 3.8) is 0 Å². The third-order valence-corrected chi connectivity index (χ3v) is 5.86. The lowest BCUT2D eigenvalue weighted by atomic mass is 9.85. The number of carbonyl (C=O) groups is 1. The molecule has 5 nitrogen and oxygen atoms in total. The maximum absolute atomic E-state index is 14.3. The lowest BCUT2D eigenvalue weighted by Gasteiger charge is -2.36. The minimum atomic E-state index is -0.220. The Morgan fingerprint density at radius 2 is 1.86 bits per heavy atom. The Morgan fingerprint density at radius 1 is 1.04 bits per heavy atom. The third-order valence-electron chi connectivity index (χ3n) is 5.86. The average molecular weight is 376 g/mol. The first-order valence-corrected chi connectivity index (χ1v) is 9.61. The molecule has 2 aliphatic heterocycles. The molecule has 3 heterocycles. The van der Waals surface area contributed by atoms with Gasteiger partial charge >= 0.3 is 0 Å². The molecule has 1 aromatic heterocycles. The minimum Gasteiger partial charge on any atom is -0.337 e. The minimum absolute atomic E-state index is 0.0663. The van der Waals surface area contributed by atoms with Crippen LogP contribution in [0.1, 0.15) is 28.5 Å². The van der Waals surface area contributed by atoms with Gasteiger partial charge in [-0.05, 0) is 24.6 Å². The van der Waals surface area contributed by atoms with Crippen LogP contribution in [0.25, 0.3) is 10.9 Å². The Bertz CT molecular complexity index is 1040. The lowest BCUT2D eigenvalue weighted by molar-refractivity contribution is 0.0646. The van der Waals surface area contributed by atoms with Crippen LogP contribution in [-0.2, 0) is 0 Å². The van der Waals surface area contributed by atoms with Gasteiger partial charge in [0.25, 0.3) is 5.91 Å². The van der Waals surface area contributed by atoms with Crippen molar-refractivity contribution in [1.82, 2.24) is 20.7 Å². The van der Waals surface area contributed by atoms with Gasteiger partial charge in [0, 0.05) is 36.0 Å². The SMILES string of the molecule is O=C(c1ccc2ccccc2n1)N1CCC2NNC(c3ccccc3F)C2C1. The van der Waals surface area contributed by atoms with Crippen LogP contribution in [0.3, 0.4) is 0 Å². The Kier molecular flexibility index (Phi) is 4.30. The normalized spacial score (nSPS) is 24.3. The summed E-state index contributed by atoms with van der Waals surface area (Å²) in [5, 5.41) is 1.02. The number of aromatic nitrogens is 1. The number of halogens is 1. The number of piperidine rings is 1. The number of nitrogens with zero attached hydrogens (tertiary/aromatic N) is 2. The number of hydrazine groups is 1. The Labute approximate surface area is 162 Å². The van der Waals surface area contributed by atoms with E-state index in [4.69, 9.17) is 0 Å². The predicted octanol–water partition coefficient (Wildman–Crippen LogP) is 3.05. The Hall–Kier alpha value is -2.83. The summed E-state index contributed by atoms with van der Waals surface area (Å²) in [5.74, 6) is -0.180. The summed E-state index contributed by atoms with van der Waals surface area (Å²) in [6, 6.07) is 18.4. The predicted molar refractivity (Wildman–Crippen MR) is 105 cm³/mol. The molecule has 3 atom stereocenters. The summed E-state index contributed by atoms with van der Waals surface area (Å²) in [5.41, 5.74) is 8.44. The molecule has 5 rings (SSSR count). The van der Waals surface area contributed by atoms with Crippen molar-refractivity contribution >= 4 is 16.8 Å². The Morgan fingerprint density at radius 3 is 2.75 bits per heavy atom. The van der Waals surface area contributed by atoms with E-state index in [1.165, 1.54) is 6.07 Å². The fraction of sp³-hybridized carbons (Fsp3) is 0.273. The van der Waals surface area contributed by atoms with E-state index in [9.17, 15) is 9.18 Å². The molecule has 142 valence electrons. The van der Waals surface area contributed by atoms with Crippen molar-refractivity contribution in [3.8, 4) is 0 Å². The summed E-state index contributed by atoms with van der Waals surface area (Å²) in [6.45, 7) is 1.23. The van der Waals surface area contributed by atoms with Crippen LogP contribution in [0.5, 0.6) is 0 Å². The van der Waals surface area contributed by atoms with Gasteiger partial charge in [-0.15, -0.1) is 0 Å². The van der Waals surface area contributed by atoms with E-state index < -0.39 is 0 Å². The number of amides is 1. The third kappa shape index (κ3) is 2.95. The highest BCUT2D eigenvalue weighted by Crippen LogP contribution is 2.35. The highest BCUT2D eigenvalue weighted by atomic mass is 19.1. The molecular formula is C22H21FN4O. The molecular weight excluding hydrogens is 355 g/mol. The fourth-order valence-corrected chi connectivity index (χ4v) is 4.37. The maximum Gasteiger partial charge on any atom is 0.272 e. The van der Waals surface area contributed by atoms with Gasteiger partial charge in [0.15, 0.2) is 0 Å². The molecule has 0 spiro atoms. The topological polar surface area (TPSA) is 57.3 Å². The van der Waals surface area contributed by atoms with Gasteiger partial charge in [-0.3, -0.25) is 10.2 Å². The van der Waals surface area contributed by atoms with Crippen LogP contribution in [0, 0.1) is 11.7 Å². The molecule has 3 aromatic rings. The van der Waals surface area contributed by atoms with Crippen LogP contribution in [-0.4, -0.2) is 34.9 Å². The average Bonchev–Trinajstić information content (AvgIpc) is 3.16. The zero-order valence-electron chi connectivity index (χ0n) is 15.3. The molecule has 0 bridgehead atoms. The molecule has 6 heteroatoms. The molecule has 0 saturated carbocycles. The number of hydrogen-bond acceptors (Lipinski definition) is 4. The molecule has 2 N–H and O–H groups in total. The van der Waals surface area contributed by atoms with Gasteiger partial charge in [-0.25, -0.2) is 14.8 Å². The number of carbonyl (C=O) groups excluding carboxylic acids is 1. The van der Waals surface area contributed by atoms with Crippen molar-refractivity contribution < 1.29 is 9.18 Å². The molecule has 1 amide bonds. The van der Waals surface area contributed by atoms with Crippen molar-refractivity contribution in [2.24, 2.45) is 5.92 Å². The van der Waals surface area contributed by atoms with Gasteiger partial charge in [0.05, 0.1) is 11.6 Å². The highest BCUT2D eigenvalue weighted by molar-refractivity contribution is 5.95. The number of hydrogen-bond donors (Lipinski definition) is 2. The molecule has 3 unspecified atom stereocenters. The van der Waals surface area contributed by atoms with E-state index in [2.05, 4.69) is 15.8 Å². The quantitative estimate of drug-likeness (QED) is 0.722. The summed E-state index contributed by atoms with van der Waals surface area (Å²) in [7, 11) is 0.